The van der Waals surface area contributed by atoms with E-state index in [9.17, 15) is 22.4 Å². The van der Waals surface area contributed by atoms with Crippen LogP contribution in [0.3, 0.4) is 0 Å². The molecule has 0 N–H and O–H groups in total. The van der Waals surface area contributed by atoms with E-state index in [0.29, 0.717) is 42.5 Å². The first-order chi connectivity index (χ1) is 37.7. The minimum absolute atomic E-state index is 0. The molecule has 0 saturated heterocycles. The van der Waals surface area contributed by atoms with E-state index in [0.717, 1.165) is 124 Å². The molecule has 0 amide bonds. The van der Waals surface area contributed by atoms with Gasteiger partial charge >= 0.3 is 20.1 Å². The molecule has 0 aliphatic carbocycles. The van der Waals surface area contributed by atoms with Crippen molar-refractivity contribution in [3.63, 3.8) is 0 Å². The third-order valence-corrected chi connectivity index (χ3v) is 14.5. The van der Waals surface area contributed by atoms with Gasteiger partial charge in [0.15, 0.2) is 0 Å². The van der Waals surface area contributed by atoms with Crippen molar-refractivity contribution in [2.24, 2.45) is 0 Å². The third kappa shape index (κ3) is 9.33. The van der Waals surface area contributed by atoms with E-state index in [4.69, 9.17) is 4.98 Å². The summed E-state index contributed by atoms with van der Waals surface area (Å²) in [6.45, 7) is 0. The molecule has 8 aromatic carbocycles. The standard InChI is InChI=1S/C68H41F4N4O.Ir/c69-48-24-27-56(61(71)35-48)63-29-21-41(38-73-63)17-19-43-31-44(20-18-42-22-30-64(74-39-42)57-28-25-49(70)36-62(57)72)33-47(32-43)50-11-4-5-12-51(50)60-40-75-65(45-9-2-1-3-10-45)37-58(60)46-23-26-52-54-14-8-15-55-53-13-6-7-16-66(53)76(67(54)55)68(77)59(52)34-46;/h1-9,11-16,21-26,29-40H,17-20H2;/q-3;+3. The van der Waals surface area contributed by atoms with Gasteiger partial charge in [-0.2, -0.15) is 0 Å². The van der Waals surface area contributed by atoms with Gasteiger partial charge in [-0.05, 0) is 110 Å². The Balaban J connectivity index is 0.00000609. The first-order valence-corrected chi connectivity index (χ1v) is 25.3. The van der Waals surface area contributed by atoms with E-state index >= 15 is 0 Å². The maximum atomic E-state index is 14.9. The average Bonchev–Trinajstić information content (AvgIpc) is 3.92. The number of benzene rings is 8. The molecule has 0 saturated carbocycles. The molecular formula is C68H41F4IrN4O. The van der Waals surface area contributed by atoms with Crippen molar-refractivity contribution in [3.05, 3.63) is 275 Å². The Labute approximate surface area is 459 Å². The third-order valence-electron chi connectivity index (χ3n) is 14.5. The van der Waals surface area contributed by atoms with Crippen molar-refractivity contribution in [2.45, 2.75) is 25.7 Å². The Hall–Kier alpha value is -8.95. The van der Waals surface area contributed by atoms with Crippen LogP contribution < -0.4 is 5.56 Å². The molecule has 0 bridgehead atoms. The Kier molecular flexibility index (Phi) is 13.4. The minimum atomic E-state index is -0.726. The van der Waals surface area contributed by atoms with E-state index in [-0.39, 0.29) is 36.8 Å². The number of pyridine rings is 4. The van der Waals surface area contributed by atoms with E-state index in [1.54, 1.807) is 24.5 Å². The molecule has 0 aliphatic rings. The van der Waals surface area contributed by atoms with Gasteiger partial charge in [0.25, 0.3) is 5.56 Å². The molecule has 0 radical (unpaired) electrons. The van der Waals surface area contributed by atoms with Crippen LogP contribution in [-0.4, -0.2) is 19.4 Å². The van der Waals surface area contributed by atoms with Gasteiger partial charge in [0.2, 0.25) is 0 Å². The summed E-state index contributed by atoms with van der Waals surface area (Å²) in [4.78, 5) is 29.0. The van der Waals surface area contributed by atoms with Crippen LogP contribution in [0, 0.1) is 41.5 Å². The van der Waals surface area contributed by atoms with Gasteiger partial charge < -0.3 is 15.0 Å². The number of fused-ring (bicyclic) bond motifs is 5. The molecule has 13 aromatic rings. The molecule has 0 spiro atoms. The van der Waals surface area contributed by atoms with Crippen LogP contribution in [0.1, 0.15) is 22.3 Å². The van der Waals surface area contributed by atoms with Crippen LogP contribution in [0.4, 0.5) is 17.6 Å². The molecule has 10 heteroatoms. The smallest absolute Gasteiger partial charge is 0.304 e. The first-order valence-electron chi connectivity index (χ1n) is 25.3. The Morgan fingerprint density at radius 1 is 0.423 bits per heavy atom. The molecule has 78 heavy (non-hydrogen) atoms. The molecule has 0 atom stereocenters. The van der Waals surface area contributed by atoms with Crippen LogP contribution in [0.15, 0.2) is 205 Å². The largest absolute Gasteiger partial charge is 3.00 e. The molecule has 5 aromatic heterocycles. The van der Waals surface area contributed by atoms with Crippen molar-refractivity contribution >= 4 is 38.0 Å². The Morgan fingerprint density at radius 2 is 1.01 bits per heavy atom. The van der Waals surface area contributed by atoms with Crippen molar-refractivity contribution in [1.29, 1.82) is 0 Å². The molecular weight excluding hydrogens is 1160 g/mol. The number of aromatic nitrogens is 4. The SMILES string of the molecule is O=c1c2cc(-c3cc(-c4[c-]cccc4)ncc3-c3ccccc3-c3cc(CCc4ccc(-c5[c-]cc(F)cc5F)nc4)cc(CCc4ccc(-c5[c-]cc(F)cc5F)nc4)c3)ccc2c2cccc3c4ccccc4n1c23.[Ir+3]. The predicted molar refractivity (Wildman–Crippen MR) is 297 cm³/mol. The van der Waals surface area contributed by atoms with Crippen LogP contribution in [0.5, 0.6) is 0 Å². The zero-order valence-corrected chi connectivity index (χ0v) is 43.8. The van der Waals surface area contributed by atoms with Crippen molar-refractivity contribution < 1.29 is 37.7 Å². The second-order valence-electron chi connectivity index (χ2n) is 19.3. The molecule has 0 fully saturated rings. The zero-order chi connectivity index (χ0) is 52.1. The van der Waals surface area contributed by atoms with Gasteiger partial charge in [-0.3, -0.25) is 26.8 Å². The average molecular weight is 1200 g/mol. The monoisotopic (exact) mass is 1200 g/mol. The number of hydrogen-bond acceptors (Lipinski definition) is 4. The summed E-state index contributed by atoms with van der Waals surface area (Å²) >= 11 is 0. The summed E-state index contributed by atoms with van der Waals surface area (Å²) in [5, 5.41) is 4.58. The normalized spacial score (nSPS) is 11.5. The number of halogens is 4. The minimum Gasteiger partial charge on any atom is -0.304 e. The van der Waals surface area contributed by atoms with E-state index in [1.807, 2.05) is 83.4 Å². The van der Waals surface area contributed by atoms with Crippen LogP contribution in [0.2, 0.25) is 0 Å². The van der Waals surface area contributed by atoms with Gasteiger partial charge in [0, 0.05) is 69.0 Å². The summed E-state index contributed by atoms with van der Waals surface area (Å²) < 4.78 is 58.6. The second kappa shape index (κ2) is 20.9. The Bertz CT molecular complexity index is 4350. The number of rotatable bonds is 12. The fraction of sp³-hybridized carbons (Fsp3) is 0.0588. The van der Waals surface area contributed by atoms with Gasteiger partial charge in [-0.1, -0.05) is 145 Å². The molecule has 0 aliphatic heterocycles. The topological polar surface area (TPSA) is 60.2 Å². The summed E-state index contributed by atoms with van der Waals surface area (Å²) in [5.74, 6) is -2.86. The van der Waals surface area contributed by atoms with Crippen LogP contribution >= 0.6 is 0 Å². The fourth-order valence-corrected chi connectivity index (χ4v) is 10.8. The van der Waals surface area contributed by atoms with Gasteiger partial charge in [0.1, 0.15) is 0 Å². The number of para-hydroxylation sites is 2. The van der Waals surface area contributed by atoms with Gasteiger partial charge in [-0.15, -0.1) is 60.2 Å². The second-order valence-corrected chi connectivity index (χ2v) is 19.3. The molecule has 13 rings (SSSR count). The summed E-state index contributed by atoms with van der Waals surface area (Å²) in [7, 11) is 0. The first kappa shape index (κ1) is 49.9. The maximum Gasteiger partial charge on any atom is 3.00 e. The van der Waals surface area contributed by atoms with Crippen molar-refractivity contribution in [2.75, 3.05) is 0 Å². The quantitative estimate of drug-likeness (QED) is 0.0695. The van der Waals surface area contributed by atoms with Crippen LogP contribution in [-0.2, 0) is 45.8 Å². The van der Waals surface area contributed by atoms with Crippen LogP contribution in [0.25, 0.3) is 105 Å². The number of hydrogen-bond donors (Lipinski definition) is 0. The van der Waals surface area contributed by atoms with Gasteiger partial charge in [0.05, 0.1) is 11.0 Å². The summed E-state index contributed by atoms with van der Waals surface area (Å²) in [6, 6.07) is 65.1. The predicted octanol–water partition coefficient (Wildman–Crippen LogP) is 15.9. The molecule has 5 heterocycles. The molecule has 0 unspecified atom stereocenters. The van der Waals surface area contributed by atoms with E-state index in [2.05, 4.69) is 101 Å². The summed E-state index contributed by atoms with van der Waals surface area (Å²) in [5.41, 5.74) is 13.8. The zero-order valence-electron chi connectivity index (χ0n) is 41.4. The van der Waals surface area contributed by atoms with Gasteiger partial charge in [-0.25, -0.2) is 0 Å². The van der Waals surface area contributed by atoms with Crippen molar-refractivity contribution in [1.82, 2.24) is 19.4 Å². The van der Waals surface area contributed by atoms with Crippen molar-refractivity contribution in [3.8, 4) is 67.2 Å². The Morgan fingerprint density at radius 3 is 1.64 bits per heavy atom. The molecule has 376 valence electrons. The molecule has 5 nitrogen and oxygen atoms in total. The van der Waals surface area contributed by atoms with E-state index in [1.165, 1.54) is 0 Å². The summed E-state index contributed by atoms with van der Waals surface area (Å²) in [6.07, 6.45) is 7.94. The maximum absolute atomic E-state index is 14.9. The van der Waals surface area contributed by atoms with E-state index < -0.39 is 23.3 Å². The number of aryl methyl sites for hydroxylation is 4. The number of nitrogens with zero attached hydrogens (tertiary/aromatic N) is 4. The fourth-order valence-electron chi connectivity index (χ4n) is 10.8.